The number of aliphatic carboxylic acids is 4. The predicted octanol–water partition coefficient (Wildman–Crippen LogP) is 7.63. The Balaban J connectivity index is 0.000000410. The van der Waals surface area contributed by atoms with Crippen LogP contribution in [0.3, 0.4) is 0 Å². The molecule has 1 aromatic heterocycles. The molecule has 5 N–H and O–H groups in total. The van der Waals surface area contributed by atoms with Gasteiger partial charge in [0.05, 0.1) is 5.39 Å². The lowest BCUT2D eigenvalue weighted by atomic mass is 9.92. The van der Waals surface area contributed by atoms with Crippen molar-refractivity contribution in [2.75, 3.05) is 13.1 Å². The first-order valence-corrected chi connectivity index (χ1v) is 20.2. The van der Waals surface area contributed by atoms with Crippen molar-refractivity contribution in [2.24, 2.45) is 0 Å². The van der Waals surface area contributed by atoms with E-state index < -0.39 is 32.2 Å². The predicted molar refractivity (Wildman–Crippen MR) is 204 cm³/mol. The molecule has 54 heavy (non-hydrogen) atoms. The highest BCUT2D eigenvalue weighted by atomic mass is 28.4. The Bertz CT molecular complexity index is 1760. The van der Waals surface area contributed by atoms with Crippen molar-refractivity contribution in [3.8, 4) is 17.0 Å². The molecule has 13 nitrogen and oxygen atoms in total. The van der Waals surface area contributed by atoms with Crippen LogP contribution >= 0.6 is 0 Å². The van der Waals surface area contributed by atoms with Gasteiger partial charge in [0.2, 0.25) is 0 Å². The van der Waals surface area contributed by atoms with Crippen molar-refractivity contribution in [2.45, 2.75) is 103 Å². The van der Waals surface area contributed by atoms with Crippen LogP contribution in [0.2, 0.25) is 16.6 Å². The lowest BCUT2D eigenvalue weighted by Crippen LogP contribution is -2.50. The number of likely N-dealkylation sites (tertiary alicyclic amines) is 1. The van der Waals surface area contributed by atoms with Crippen LogP contribution in [-0.2, 0) is 25.7 Å². The van der Waals surface area contributed by atoms with Crippen molar-refractivity contribution >= 4 is 43.2 Å². The molecule has 0 radical (unpaired) electrons. The molecular weight excluding hydrogens is 718 g/mol. The van der Waals surface area contributed by atoms with Gasteiger partial charge in [0.15, 0.2) is 5.58 Å². The minimum Gasteiger partial charge on any atom is -0.542 e. The number of aromatic nitrogens is 1. The molecule has 2 unspecified atom stereocenters. The average molecular weight is 770 g/mol. The van der Waals surface area contributed by atoms with E-state index in [9.17, 15) is 23.6 Å². The monoisotopic (exact) mass is 769 g/mol. The molecule has 294 valence electrons. The van der Waals surface area contributed by atoms with E-state index in [1.807, 2.05) is 0 Å². The van der Waals surface area contributed by atoms with Crippen LogP contribution in [0.15, 0.2) is 59.2 Å². The molecule has 15 heteroatoms. The van der Waals surface area contributed by atoms with Gasteiger partial charge >= 0.3 is 23.9 Å². The number of halogens is 1. The normalized spacial score (nSPS) is 16.6. The molecule has 5 rings (SSSR count). The molecule has 0 spiro atoms. The zero-order valence-corrected chi connectivity index (χ0v) is 32.8. The molecule has 0 saturated carbocycles. The lowest BCUT2D eigenvalue weighted by Gasteiger charge is -2.42. The van der Waals surface area contributed by atoms with Gasteiger partial charge in [-0.25, -0.2) is 23.6 Å². The summed E-state index contributed by atoms with van der Waals surface area (Å²) in [4.78, 5) is 40.8. The van der Waals surface area contributed by atoms with Gasteiger partial charge in [0, 0.05) is 54.6 Å². The van der Waals surface area contributed by atoms with Crippen molar-refractivity contribution in [3.05, 3.63) is 71.6 Å². The number of nitrogens with one attached hydrogen (secondary N) is 1. The number of benzene rings is 2. The number of fused-ring (bicyclic) bond motifs is 2. The summed E-state index contributed by atoms with van der Waals surface area (Å²) in [5, 5.41) is 40.4. The van der Waals surface area contributed by atoms with Crippen molar-refractivity contribution in [3.63, 3.8) is 0 Å². The second-order valence-corrected chi connectivity index (χ2v) is 19.7. The number of carbonyl (C=O) groups is 4. The third-order valence-electron chi connectivity index (χ3n) is 10.00. The highest BCUT2D eigenvalue weighted by Crippen LogP contribution is 2.48. The number of rotatable bonds is 12. The number of hydrogen-bond donors (Lipinski definition) is 5. The van der Waals surface area contributed by atoms with Gasteiger partial charge in [-0.2, -0.15) is 0 Å². The van der Waals surface area contributed by atoms with E-state index in [2.05, 4.69) is 76.0 Å². The molecule has 0 aliphatic carbocycles. The van der Waals surface area contributed by atoms with Crippen molar-refractivity contribution < 1.29 is 52.9 Å². The molecule has 1 fully saturated rings. The molecule has 0 amide bonds. The Kier molecular flexibility index (Phi) is 15.7. The maximum absolute atomic E-state index is 14.0. The summed E-state index contributed by atoms with van der Waals surface area (Å²) in [6, 6.07) is 9.79. The molecular formula is C39H52FN3O10Si. The first kappa shape index (κ1) is 43.5. The molecule has 2 aromatic carbocycles. The van der Waals surface area contributed by atoms with Gasteiger partial charge in [-0.1, -0.05) is 59.2 Å². The highest BCUT2D eigenvalue weighted by Gasteiger charge is 2.48. The topological polar surface area (TPSA) is 200 Å². The second kappa shape index (κ2) is 19.5. The second-order valence-electron chi connectivity index (χ2n) is 14.3. The molecule has 2 aliphatic heterocycles. The van der Waals surface area contributed by atoms with E-state index in [0.29, 0.717) is 52.6 Å². The van der Waals surface area contributed by atoms with Crippen LogP contribution in [0, 0.1) is 5.82 Å². The third kappa shape index (κ3) is 10.9. The molecule has 3 heterocycles. The van der Waals surface area contributed by atoms with Crippen LogP contribution in [-0.4, -0.2) is 81.8 Å². The number of hydrogen-bond acceptors (Lipinski definition) is 9. The zero-order valence-electron chi connectivity index (χ0n) is 31.8. The first-order valence-electron chi connectivity index (χ1n) is 18.1. The van der Waals surface area contributed by atoms with E-state index in [1.54, 1.807) is 6.07 Å². The fraction of sp³-hybridized carbons (Fsp3) is 0.462. The van der Waals surface area contributed by atoms with Crippen molar-refractivity contribution in [1.82, 2.24) is 15.4 Å². The van der Waals surface area contributed by atoms with Gasteiger partial charge in [0.25, 0.3) is 8.32 Å². The standard InChI is InChI=1S/C31H44FN3O2Si.2C4H4O4/c1-19(2)38(20(3)4,21(5)6)37-27-14-13-24-26(18-33-30(24)22(7)35-15-9-8-10-16-35)29(27)31-25-12-11-23(32)17-28(25)36-34-31;2*5-3(6)1-2-4(7)8/h11-14,17,19-22,30,33H,8-10,15-16,18H2,1-7H3;2*1-2H,(H,5,6)(H,7,8). The summed E-state index contributed by atoms with van der Waals surface area (Å²) in [6.45, 7) is 19.3. The maximum atomic E-state index is 14.0. The quantitative estimate of drug-likeness (QED) is 0.0891. The minimum atomic E-state index is -2.23. The molecule has 2 atom stereocenters. The maximum Gasteiger partial charge on any atom is 0.328 e. The van der Waals surface area contributed by atoms with Crippen LogP contribution in [0.1, 0.15) is 84.9 Å². The van der Waals surface area contributed by atoms with Crippen LogP contribution in [0.4, 0.5) is 4.39 Å². The van der Waals surface area contributed by atoms with E-state index in [1.165, 1.54) is 42.5 Å². The van der Waals surface area contributed by atoms with E-state index in [-0.39, 0.29) is 11.9 Å². The highest BCUT2D eigenvalue weighted by molar-refractivity contribution is 6.78. The fourth-order valence-electron chi connectivity index (χ4n) is 7.68. The summed E-state index contributed by atoms with van der Waals surface area (Å²) in [7, 11) is -2.23. The average Bonchev–Trinajstić information content (AvgIpc) is 3.73. The lowest BCUT2D eigenvalue weighted by molar-refractivity contribution is -0.134. The molecule has 3 aromatic rings. The Morgan fingerprint density at radius 3 is 1.83 bits per heavy atom. The van der Waals surface area contributed by atoms with Gasteiger partial charge in [0.1, 0.15) is 17.3 Å². The van der Waals surface area contributed by atoms with Gasteiger partial charge in [-0.15, -0.1) is 0 Å². The van der Waals surface area contributed by atoms with E-state index >= 15 is 0 Å². The van der Waals surface area contributed by atoms with Crippen LogP contribution in [0.5, 0.6) is 5.75 Å². The SMILES string of the molecule is CC(C1NCc2c1ccc(O[Si](C(C)C)(C(C)C)C(C)C)c2-c1noc2cc(F)ccc12)N1CCCCC1.O=C(O)C=CC(=O)O.O=C(O)C=CC(=O)O. The van der Waals surface area contributed by atoms with E-state index in [0.717, 1.165) is 42.0 Å². The summed E-state index contributed by atoms with van der Waals surface area (Å²) in [5.41, 5.74) is 6.09. The molecule has 0 bridgehead atoms. The Labute approximate surface area is 315 Å². The third-order valence-corrected chi connectivity index (χ3v) is 16.0. The molecule has 1 saturated heterocycles. The van der Waals surface area contributed by atoms with Crippen molar-refractivity contribution in [1.29, 1.82) is 0 Å². The Morgan fingerprint density at radius 2 is 1.35 bits per heavy atom. The Hall–Kier alpha value is -4.86. The van der Waals surface area contributed by atoms with Gasteiger partial charge < -0.3 is 34.7 Å². The van der Waals surface area contributed by atoms with Gasteiger partial charge in [-0.3, -0.25) is 4.90 Å². The smallest absolute Gasteiger partial charge is 0.328 e. The number of nitrogens with zero attached hydrogens (tertiary/aromatic N) is 2. The molecule has 2 aliphatic rings. The van der Waals surface area contributed by atoms with Crippen LogP contribution < -0.4 is 9.74 Å². The van der Waals surface area contributed by atoms with Gasteiger partial charge in [-0.05, 0) is 78.8 Å². The summed E-state index contributed by atoms with van der Waals surface area (Å²) in [6.07, 6.45) is 6.11. The number of piperidine rings is 1. The number of carboxylic acids is 4. The zero-order chi connectivity index (χ0) is 40.3. The van der Waals surface area contributed by atoms with E-state index in [4.69, 9.17) is 29.4 Å². The minimum absolute atomic E-state index is 0.244. The van der Waals surface area contributed by atoms with Crippen LogP contribution in [0.25, 0.3) is 22.2 Å². The summed E-state index contributed by atoms with van der Waals surface area (Å²) < 4.78 is 27.0. The summed E-state index contributed by atoms with van der Waals surface area (Å²) in [5.74, 6) is -4.46. The largest absolute Gasteiger partial charge is 0.542 e. The first-order chi connectivity index (χ1) is 25.4. The summed E-state index contributed by atoms with van der Waals surface area (Å²) >= 11 is 0. The fourth-order valence-corrected chi connectivity index (χ4v) is 12.9. The Morgan fingerprint density at radius 1 is 0.833 bits per heavy atom. The number of carboxylic acid groups (broad SMARTS) is 4.